The molecule has 4 aliphatic rings. The van der Waals surface area contributed by atoms with E-state index in [1.807, 2.05) is 51.0 Å². The van der Waals surface area contributed by atoms with Gasteiger partial charge in [-0.05, 0) is 108 Å². The van der Waals surface area contributed by atoms with Gasteiger partial charge in [-0.3, -0.25) is 9.97 Å². The van der Waals surface area contributed by atoms with Crippen LogP contribution in [0.2, 0.25) is 10.0 Å². The molecule has 334 valence electrons. The van der Waals surface area contributed by atoms with Crippen molar-refractivity contribution in [3.05, 3.63) is 116 Å². The molecule has 66 heavy (non-hydrogen) atoms. The third-order valence-corrected chi connectivity index (χ3v) is 12.9. The number of hydrogen-bond acceptors (Lipinski definition) is 13. The number of nitrogens with one attached hydrogen (secondary N) is 1. The molecular formula is C47H54B4Cl2N12S. The maximum atomic E-state index is 6.51. The van der Waals surface area contributed by atoms with Crippen molar-refractivity contribution >= 4 is 82.1 Å². The van der Waals surface area contributed by atoms with Crippen LogP contribution in [0.15, 0.2) is 66.6 Å². The summed E-state index contributed by atoms with van der Waals surface area (Å²) < 4.78 is 0. The van der Waals surface area contributed by atoms with Gasteiger partial charge in [-0.2, -0.15) is 0 Å². The van der Waals surface area contributed by atoms with Gasteiger partial charge in [0.1, 0.15) is 11.6 Å². The number of aromatic nitrogens is 8. The van der Waals surface area contributed by atoms with E-state index in [4.69, 9.17) is 33.9 Å². The van der Waals surface area contributed by atoms with Crippen molar-refractivity contribution in [1.29, 1.82) is 0 Å². The van der Waals surface area contributed by atoms with Gasteiger partial charge < -0.3 is 20.9 Å². The van der Waals surface area contributed by atoms with Gasteiger partial charge in [-0.15, -0.1) is 0 Å². The zero-order valence-electron chi connectivity index (χ0n) is 38.8. The SMILES string of the molecule is CSc1ncc2c(n1)CCN(c1cc(-c3ncc(C)cc3C)c(Cl)cn1)[C@@H]2C.Cc1cnc(-c2cc(N3CCc4nc(NC5CC5)ncc4[C@H]3C)ncc2Cl)c(C)c1.NC1CC1.[B]B([B])[B]. The van der Waals surface area contributed by atoms with Crippen LogP contribution >= 0.6 is 35.0 Å². The highest BCUT2D eigenvalue weighted by molar-refractivity contribution is 7.98. The summed E-state index contributed by atoms with van der Waals surface area (Å²) in [5.74, 6) is 2.55. The molecule has 2 saturated carbocycles. The normalized spacial score (nSPS) is 17.1. The Bertz CT molecular complexity index is 2650. The first-order chi connectivity index (χ1) is 31.6. The van der Waals surface area contributed by atoms with Crippen molar-refractivity contribution in [2.24, 2.45) is 5.73 Å². The molecule has 2 aliphatic heterocycles. The predicted molar refractivity (Wildman–Crippen MR) is 276 cm³/mol. The molecule has 6 aromatic heterocycles. The predicted octanol–water partition coefficient (Wildman–Crippen LogP) is 8.54. The van der Waals surface area contributed by atoms with Crippen molar-refractivity contribution in [2.45, 2.75) is 109 Å². The molecule has 0 spiro atoms. The van der Waals surface area contributed by atoms with Gasteiger partial charge in [-0.1, -0.05) is 47.1 Å². The zero-order valence-corrected chi connectivity index (χ0v) is 41.1. The Morgan fingerprint density at radius 2 is 1.11 bits per heavy atom. The minimum Gasteiger partial charge on any atom is -0.351 e. The van der Waals surface area contributed by atoms with Crippen molar-refractivity contribution < 1.29 is 0 Å². The molecule has 6 radical (unpaired) electrons. The number of aryl methyl sites for hydroxylation is 4. The standard InChI is InChI=1S/C23H25ClN6.C21H22ClN5S.C3H7N.B4/c1-13-8-14(2)22(26-10-13)17-9-21(25-12-19(17)24)30-7-6-20-18(15(30)3)11-27-23(29-20)28-16-4-5-16;1-12-7-13(2)20(24-9-12)15-8-19(23-11-17(15)22)27-6-5-18-16(14(27)3)10-25-21(26-18)28-4;4-3-1-2-3;1-4(2)3/h8-12,15-16H,4-7H2,1-3H3,(H,27,28,29);7-11,14H,5-6H2,1-4H3;3H,1-2,4H2;/t15-;14-;;/m11../s1. The Morgan fingerprint density at radius 3 is 1.53 bits per heavy atom. The minimum absolute atomic E-state index is 0.136. The number of anilines is 3. The number of thioether (sulfide) groups is 1. The average Bonchev–Trinajstić information content (AvgIpc) is 4.24. The first-order valence-corrected chi connectivity index (χ1v) is 24.3. The van der Waals surface area contributed by atoms with Crippen molar-refractivity contribution in [3.63, 3.8) is 0 Å². The van der Waals surface area contributed by atoms with Gasteiger partial charge in [-0.25, -0.2) is 29.9 Å². The van der Waals surface area contributed by atoms with E-state index >= 15 is 0 Å². The lowest BCUT2D eigenvalue weighted by Crippen LogP contribution is -2.35. The van der Waals surface area contributed by atoms with Gasteiger partial charge in [0, 0.05) is 127 Å². The van der Waals surface area contributed by atoms with E-state index in [1.165, 1.54) is 25.7 Å². The summed E-state index contributed by atoms with van der Waals surface area (Å²) in [6, 6.07) is 9.77. The Balaban J connectivity index is 0.000000169. The molecule has 10 rings (SSSR count). The second-order valence-electron chi connectivity index (χ2n) is 17.3. The smallest absolute Gasteiger partial charge is 0.223 e. The highest BCUT2D eigenvalue weighted by atomic mass is 35.5. The maximum Gasteiger partial charge on any atom is 0.223 e. The monoisotopic (exact) mass is 932 g/mol. The number of pyridine rings is 4. The summed E-state index contributed by atoms with van der Waals surface area (Å²) in [7, 11) is 14.0. The Kier molecular flexibility index (Phi) is 16.4. The molecule has 0 saturated heterocycles. The van der Waals surface area contributed by atoms with Gasteiger partial charge >= 0.3 is 0 Å². The largest absolute Gasteiger partial charge is 0.351 e. The number of fused-ring (bicyclic) bond motifs is 2. The molecular weight excluding hydrogens is 879 g/mol. The lowest BCUT2D eigenvalue weighted by molar-refractivity contribution is 0.594. The van der Waals surface area contributed by atoms with Crippen molar-refractivity contribution in [3.8, 4) is 22.5 Å². The number of halogens is 2. The topological polar surface area (TPSA) is 148 Å². The molecule has 8 heterocycles. The van der Waals surface area contributed by atoms with E-state index < -0.39 is 6.39 Å². The summed E-state index contributed by atoms with van der Waals surface area (Å²) in [6.07, 6.45) is 19.1. The average molecular weight is 933 g/mol. The quantitative estimate of drug-likeness (QED) is 0.0897. The Morgan fingerprint density at radius 1 is 0.652 bits per heavy atom. The van der Waals surface area contributed by atoms with Crippen molar-refractivity contribution in [1.82, 2.24) is 39.9 Å². The van der Waals surface area contributed by atoms with Crippen LogP contribution < -0.4 is 20.9 Å². The van der Waals surface area contributed by atoms with Crippen LogP contribution in [-0.2, 0) is 12.8 Å². The molecule has 0 aromatic carbocycles. The highest BCUT2D eigenvalue weighted by Gasteiger charge is 2.30. The molecule has 19 heteroatoms. The van der Waals surface area contributed by atoms with E-state index in [1.54, 1.807) is 24.2 Å². The van der Waals surface area contributed by atoms with E-state index in [0.717, 1.165) is 116 Å². The molecule has 0 amide bonds. The molecule has 3 N–H and O–H groups in total. The van der Waals surface area contributed by atoms with Gasteiger partial charge in [0.15, 0.2) is 5.16 Å². The van der Waals surface area contributed by atoms with E-state index in [-0.39, 0.29) is 12.1 Å². The Hall–Kier alpha value is -4.69. The van der Waals surface area contributed by atoms with Crippen LogP contribution in [0.5, 0.6) is 0 Å². The van der Waals surface area contributed by atoms with Crippen LogP contribution in [0, 0.1) is 27.7 Å². The van der Waals surface area contributed by atoms with Crippen LogP contribution in [0.1, 0.15) is 96.4 Å². The van der Waals surface area contributed by atoms with Crippen LogP contribution in [0.25, 0.3) is 22.5 Å². The summed E-state index contributed by atoms with van der Waals surface area (Å²) >= 11 is 14.6. The molecule has 0 unspecified atom stereocenters. The third-order valence-electron chi connectivity index (χ3n) is 11.7. The second-order valence-corrected chi connectivity index (χ2v) is 18.9. The molecule has 12 nitrogen and oxygen atoms in total. The van der Waals surface area contributed by atoms with E-state index in [9.17, 15) is 0 Å². The van der Waals surface area contributed by atoms with Gasteiger partial charge in [0.25, 0.3) is 0 Å². The van der Waals surface area contributed by atoms with E-state index in [2.05, 4.69) is 119 Å². The molecule has 2 aliphatic carbocycles. The second kappa shape index (κ2) is 22.0. The van der Waals surface area contributed by atoms with Crippen LogP contribution in [0.4, 0.5) is 17.6 Å². The molecule has 6 aromatic rings. The van der Waals surface area contributed by atoms with Gasteiger partial charge in [0.2, 0.25) is 5.95 Å². The minimum atomic E-state index is -0.667. The van der Waals surface area contributed by atoms with Gasteiger partial charge in [0.05, 0.1) is 44.9 Å². The summed E-state index contributed by atoms with van der Waals surface area (Å²) in [4.78, 5) is 41.5. The summed E-state index contributed by atoms with van der Waals surface area (Å²) in [5.41, 5.74) is 17.9. The lowest BCUT2D eigenvalue weighted by Gasteiger charge is -2.35. The summed E-state index contributed by atoms with van der Waals surface area (Å²) in [6.45, 7) is 14.3. The first kappa shape index (κ1) is 49.2. The fourth-order valence-electron chi connectivity index (χ4n) is 7.94. The first-order valence-electron chi connectivity index (χ1n) is 22.4. The number of nitrogens with two attached hydrogens (primary N) is 1. The third kappa shape index (κ3) is 12.4. The number of hydrogen-bond donors (Lipinski definition) is 2. The lowest BCUT2D eigenvalue weighted by atomic mass is 9.08. The summed E-state index contributed by atoms with van der Waals surface area (Å²) in [5, 5.41) is 5.45. The fourth-order valence-corrected chi connectivity index (χ4v) is 8.68. The van der Waals surface area contributed by atoms with E-state index in [0.29, 0.717) is 22.1 Å². The maximum absolute atomic E-state index is 6.51. The Labute approximate surface area is 408 Å². The zero-order chi connectivity index (χ0) is 47.2. The highest BCUT2D eigenvalue weighted by Crippen LogP contribution is 2.38. The molecule has 2 atom stereocenters. The number of rotatable bonds is 7. The fraction of sp³-hybridized carbons (Fsp3) is 0.404. The van der Waals surface area contributed by atoms with Crippen LogP contribution in [0.3, 0.4) is 0 Å². The number of nitrogens with zero attached hydrogens (tertiary/aromatic N) is 10. The molecule has 2 fully saturated rings. The molecule has 0 bridgehead atoms. The van der Waals surface area contributed by atoms with Crippen molar-refractivity contribution in [2.75, 3.05) is 34.5 Å². The van der Waals surface area contributed by atoms with Crippen LogP contribution in [-0.4, -0.2) is 101 Å².